The monoisotopic (exact) mass is 568 g/mol. The van der Waals surface area contributed by atoms with Crippen LogP contribution in [-0.2, 0) is 0 Å². The van der Waals surface area contributed by atoms with E-state index in [0.29, 0.717) is 18.8 Å². The number of rotatable bonds is 20. The second kappa shape index (κ2) is 18.8. The maximum atomic E-state index is 15.5. The van der Waals surface area contributed by atoms with Crippen LogP contribution in [0.5, 0.6) is 11.5 Å². The maximum absolute atomic E-state index is 15.5. The van der Waals surface area contributed by atoms with Gasteiger partial charge in [-0.3, -0.25) is 0 Å². The van der Waals surface area contributed by atoms with Gasteiger partial charge in [-0.1, -0.05) is 116 Å². The smallest absolute Gasteiger partial charge is 0.336 e. The van der Waals surface area contributed by atoms with Crippen molar-refractivity contribution in [3.63, 3.8) is 0 Å². The van der Waals surface area contributed by atoms with Crippen molar-refractivity contribution < 1.29 is 23.8 Å². The van der Waals surface area contributed by atoms with Gasteiger partial charge in [0.15, 0.2) is 11.6 Å². The Bertz CT molecular complexity index is 1010. The summed E-state index contributed by atoms with van der Waals surface area (Å²) in [6.07, 6.45) is 21.1. The van der Waals surface area contributed by atoms with Crippen molar-refractivity contribution in [1.29, 1.82) is 0 Å². The molecule has 0 amide bonds. The van der Waals surface area contributed by atoms with E-state index < -0.39 is 11.8 Å². The largest absolute Gasteiger partial charge is 0.494 e. The van der Waals surface area contributed by atoms with Gasteiger partial charge in [0, 0.05) is 5.56 Å². The van der Waals surface area contributed by atoms with Crippen LogP contribution in [0.15, 0.2) is 36.4 Å². The fourth-order valence-corrected chi connectivity index (χ4v) is 6.22. The van der Waals surface area contributed by atoms with Crippen molar-refractivity contribution in [2.24, 2.45) is 11.8 Å². The number of carboxylic acids is 1. The van der Waals surface area contributed by atoms with E-state index in [2.05, 4.69) is 13.8 Å². The van der Waals surface area contributed by atoms with E-state index >= 15 is 4.39 Å². The summed E-state index contributed by atoms with van der Waals surface area (Å²) < 4.78 is 27.2. The number of benzene rings is 2. The molecule has 0 heterocycles. The molecule has 1 aliphatic rings. The number of carbonyl (C=O) groups is 1. The van der Waals surface area contributed by atoms with Crippen LogP contribution in [-0.4, -0.2) is 24.3 Å². The molecule has 0 radical (unpaired) electrons. The Morgan fingerprint density at radius 2 is 1.32 bits per heavy atom. The Hall–Kier alpha value is -2.56. The minimum Gasteiger partial charge on any atom is -0.494 e. The normalized spacial score (nSPS) is 17.0. The molecule has 0 unspecified atom stereocenters. The van der Waals surface area contributed by atoms with Crippen LogP contribution in [0.3, 0.4) is 0 Å². The summed E-state index contributed by atoms with van der Waals surface area (Å²) in [4.78, 5) is 11.9. The first-order chi connectivity index (χ1) is 20.0. The molecule has 2 aromatic rings. The van der Waals surface area contributed by atoms with Gasteiger partial charge in [0.1, 0.15) is 5.75 Å². The molecule has 41 heavy (non-hydrogen) atoms. The van der Waals surface area contributed by atoms with E-state index in [0.717, 1.165) is 43.3 Å². The number of hydrogen-bond acceptors (Lipinski definition) is 3. The average molecular weight is 569 g/mol. The third-order valence-corrected chi connectivity index (χ3v) is 8.67. The molecule has 0 aliphatic heterocycles. The minimum absolute atomic E-state index is 0.0623. The number of aromatic carboxylic acids is 1. The number of unbranched alkanes of at least 4 members (excludes halogenated alkanes) is 8. The third-order valence-electron chi connectivity index (χ3n) is 8.67. The van der Waals surface area contributed by atoms with Gasteiger partial charge in [-0.05, 0) is 60.9 Å². The molecule has 0 spiro atoms. The molecular weight excluding hydrogens is 515 g/mol. The van der Waals surface area contributed by atoms with Crippen molar-refractivity contribution >= 4 is 5.97 Å². The highest BCUT2D eigenvalue weighted by atomic mass is 19.1. The molecule has 1 saturated carbocycles. The zero-order valence-corrected chi connectivity index (χ0v) is 25.6. The Balaban J connectivity index is 1.46. The summed E-state index contributed by atoms with van der Waals surface area (Å²) in [6, 6.07) is 9.94. The Morgan fingerprint density at radius 3 is 1.93 bits per heavy atom. The number of halogens is 1. The highest BCUT2D eigenvalue weighted by Crippen LogP contribution is 2.35. The molecule has 0 aromatic heterocycles. The molecule has 1 fully saturated rings. The molecule has 228 valence electrons. The van der Waals surface area contributed by atoms with Crippen molar-refractivity contribution in [3.05, 3.63) is 47.8 Å². The zero-order chi connectivity index (χ0) is 29.3. The van der Waals surface area contributed by atoms with Crippen molar-refractivity contribution in [3.8, 4) is 22.6 Å². The van der Waals surface area contributed by atoms with Crippen LogP contribution in [0.4, 0.5) is 4.39 Å². The predicted molar refractivity (Wildman–Crippen MR) is 167 cm³/mol. The van der Waals surface area contributed by atoms with Gasteiger partial charge >= 0.3 is 5.97 Å². The molecule has 0 saturated heterocycles. The summed E-state index contributed by atoms with van der Waals surface area (Å²) >= 11 is 0. The third kappa shape index (κ3) is 11.3. The first-order valence-corrected chi connectivity index (χ1v) is 16.4. The molecule has 3 rings (SSSR count). The standard InChI is InChI=1S/C36H53FO4/c1-3-5-6-7-8-9-10-11-12-26-41-33-25-24-32(36(38)39)34(35(33)37)30-20-22-31(23-21-30)40-27-13-15-29-18-16-28(14-4-2)17-19-29/h20-25,28-29H,3-19,26-27H2,1-2H3,(H,38,39). The molecule has 1 N–H and O–H groups in total. The number of carboxylic acid groups (broad SMARTS) is 1. The maximum Gasteiger partial charge on any atom is 0.336 e. The van der Waals surface area contributed by atoms with E-state index in [-0.39, 0.29) is 16.9 Å². The Labute approximate surface area is 248 Å². The highest BCUT2D eigenvalue weighted by Gasteiger charge is 2.21. The summed E-state index contributed by atoms with van der Waals surface area (Å²) in [5, 5.41) is 9.72. The van der Waals surface area contributed by atoms with Crippen LogP contribution in [0.2, 0.25) is 0 Å². The quantitative estimate of drug-likeness (QED) is 0.161. The van der Waals surface area contributed by atoms with Crippen molar-refractivity contribution in [2.75, 3.05) is 13.2 Å². The molecule has 2 aromatic carbocycles. The first-order valence-electron chi connectivity index (χ1n) is 16.4. The van der Waals surface area contributed by atoms with Crippen LogP contribution in [0.1, 0.15) is 133 Å². The lowest BCUT2D eigenvalue weighted by Gasteiger charge is -2.28. The zero-order valence-electron chi connectivity index (χ0n) is 25.6. The molecule has 0 bridgehead atoms. The minimum atomic E-state index is -1.16. The second-order valence-electron chi connectivity index (χ2n) is 12.0. The van der Waals surface area contributed by atoms with Crippen LogP contribution >= 0.6 is 0 Å². The van der Waals surface area contributed by atoms with E-state index in [1.807, 2.05) is 0 Å². The lowest BCUT2D eigenvalue weighted by molar-refractivity contribution is 0.0697. The van der Waals surface area contributed by atoms with E-state index in [1.165, 1.54) is 95.6 Å². The van der Waals surface area contributed by atoms with Crippen molar-refractivity contribution in [2.45, 2.75) is 123 Å². The Kier molecular flexibility index (Phi) is 15.1. The molecule has 1 aliphatic carbocycles. The summed E-state index contributed by atoms with van der Waals surface area (Å²) in [7, 11) is 0. The van der Waals surface area contributed by atoms with Gasteiger partial charge in [0.2, 0.25) is 0 Å². The number of ether oxygens (including phenoxy) is 2. The predicted octanol–water partition coefficient (Wildman–Crippen LogP) is 10.9. The topological polar surface area (TPSA) is 55.8 Å². The molecule has 4 nitrogen and oxygen atoms in total. The van der Waals surface area contributed by atoms with E-state index in [1.54, 1.807) is 24.3 Å². The fourth-order valence-electron chi connectivity index (χ4n) is 6.22. The molecule has 5 heteroatoms. The van der Waals surface area contributed by atoms with Gasteiger partial charge < -0.3 is 14.6 Å². The van der Waals surface area contributed by atoms with Gasteiger partial charge in [-0.15, -0.1) is 0 Å². The highest BCUT2D eigenvalue weighted by molar-refractivity contribution is 5.96. The average Bonchev–Trinajstić information content (AvgIpc) is 2.98. The lowest BCUT2D eigenvalue weighted by Crippen LogP contribution is -2.15. The molecule has 0 atom stereocenters. The van der Waals surface area contributed by atoms with Gasteiger partial charge in [-0.2, -0.15) is 0 Å². The van der Waals surface area contributed by atoms with Gasteiger partial charge in [-0.25, -0.2) is 9.18 Å². The second-order valence-corrected chi connectivity index (χ2v) is 12.0. The number of hydrogen-bond donors (Lipinski definition) is 1. The van der Waals surface area contributed by atoms with Gasteiger partial charge in [0.05, 0.1) is 18.8 Å². The molecular formula is C36H53FO4. The Morgan fingerprint density at radius 1 is 0.732 bits per heavy atom. The van der Waals surface area contributed by atoms with Crippen LogP contribution in [0, 0.1) is 17.7 Å². The van der Waals surface area contributed by atoms with Crippen LogP contribution < -0.4 is 9.47 Å². The fraction of sp³-hybridized carbons (Fsp3) is 0.639. The van der Waals surface area contributed by atoms with E-state index in [4.69, 9.17) is 9.47 Å². The van der Waals surface area contributed by atoms with Crippen LogP contribution in [0.25, 0.3) is 11.1 Å². The first kappa shape index (κ1) is 32.9. The van der Waals surface area contributed by atoms with E-state index in [9.17, 15) is 9.90 Å². The summed E-state index contributed by atoms with van der Waals surface area (Å²) in [5.41, 5.74) is 0.497. The lowest BCUT2D eigenvalue weighted by atomic mass is 9.78. The summed E-state index contributed by atoms with van der Waals surface area (Å²) in [5.74, 6) is 0.798. The van der Waals surface area contributed by atoms with Crippen molar-refractivity contribution in [1.82, 2.24) is 0 Å². The van der Waals surface area contributed by atoms with Gasteiger partial charge in [0.25, 0.3) is 0 Å². The summed E-state index contributed by atoms with van der Waals surface area (Å²) in [6.45, 7) is 5.59. The SMILES string of the molecule is CCCCCCCCCCCOc1ccc(C(=O)O)c(-c2ccc(OCCCC3CCC(CCC)CC3)cc2)c1F.